The maximum atomic E-state index is 5.85. The Hall–Kier alpha value is -1.61. The van der Waals surface area contributed by atoms with Gasteiger partial charge in [-0.15, -0.1) is 0 Å². The molecule has 3 heteroatoms. The number of nitrogens with zero attached hydrogens (tertiary/aromatic N) is 1. The van der Waals surface area contributed by atoms with Crippen LogP contribution in [0.25, 0.3) is 11.1 Å². The van der Waals surface area contributed by atoms with Gasteiger partial charge in [0.15, 0.2) is 0 Å². The molecule has 1 fully saturated rings. The summed E-state index contributed by atoms with van der Waals surface area (Å²) >= 11 is 0. The molecule has 2 unspecified atom stereocenters. The molecule has 0 saturated heterocycles. The minimum atomic E-state index is 0.361. The molecule has 2 atom stereocenters. The first-order valence-corrected chi connectivity index (χ1v) is 5.95. The molecule has 0 spiro atoms. The maximum absolute atomic E-state index is 5.85. The summed E-state index contributed by atoms with van der Waals surface area (Å²) in [5.74, 6) is 1.44. The monoisotopic (exact) mass is 228 g/mol. The largest absolute Gasteiger partial charge is 0.361 e. The van der Waals surface area contributed by atoms with Crippen LogP contribution in [0, 0.1) is 13.8 Å². The van der Waals surface area contributed by atoms with Crippen molar-refractivity contribution in [3.63, 3.8) is 0 Å². The highest BCUT2D eigenvalue weighted by Crippen LogP contribution is 2.39. The molecule has 1 saturated carbocycles. The Bertz CT molecular complexity index is 522. The topological polar surface area (TPSA) is 52.0 Å². The summed E-state index contributed by atoms with van der Waals surface area (Å²) in [5, 5.41) is 3.98. The van der Waals surface area contributed by atoms with Gasteiger partial charge in [-0.25, -0.2) is 0 Å². The molecule has 0 aliphatic heterocycles. The van der Waals surface area contributed by atoms with E-state index in [9.17, 15) is 0 Å². The summed E-state index contributed by atoms with van der Waals surface area (Å²) in [4.78, 5) is 0. The predicted molar refractivity (Wildman–Crippen MR) is 66.7 cm³/mol. The lowest BCUT2D eigenvalue weighted by Gasteiger charge is -2.03. The lowest BCUT2D eigenvalue weighted by Crippen LogP contribution is -2.00. The standard InChI is InChI=1S/C14H16N2O/c1-8-14(9(2)17-16-8)11-5-3-10(4-6-11)12-7-13(12)15/h3-6,12-13H,7,15H2,1-2H3. The lowest BCUT2D eigenvalue weighted by molar-refractivity contribution is 0.393. The minimum Gasteiger partial charge on any atom is -0.361 e. The quantitative estimate of drug-likeness (QED) is 0.859. The number of hydrogen-bond acceptors (Lipinski definition) is 3. The number of hydrogen-bond donors (Lipinski definition) is 1. The summed E-state index contributed by atoms with van der Waals surface area (Å²) in [7, 11) is 0. The van der Waals surface area contributed by atoms with E-state index in [4.69, 9.17) is 10.3 Å². The Morgan fingerprint density at radius 1 is 1.24 bits per heavy atom. The van der Waals surface area contributed by atoms with Crippen LogP contribution in [0.5, 0.6) is 0 Å². The normalized spacial score (nSPS) is 22.8. The zero-order valence-electron chi connectivity index (χ0n) is 10.1. The highest BCUT2D eigenvalue weighted by molar-refractivity contribution is 5.67. The van der Waals surface area contributed by atoms with Crippen LogP contribution >= 0.6 is 0 Å². The van der Waals surface area contributed by atoms with Crippen molar-refractivity contribution in [2.45, 2.75) is 32.2 Å². The molecule has 3 nitrogen and oxygen atoms in total. The van der Waals surface area contributed by atoms with E-state index in [2.05, 4.69) is 29.4 Å². The molecule has 0 radical (unpaired) electrons. The zero-order chi connectivity index (χ0) is 12.0. The first kappa shape index (κ1) is 10.5. The van der Waals surface area contributed by atoms with Gasteiger partial charge >= 0.3 is 0 Å². The number of aryl methyl sites for hydroxylation is 2. The maximum Gasteiger partial charge on any atom is 0.141 e. The number of benzene rings is 1. The summed E-state index contributed by atoms with van der Waals surface area (Å²) in [6.07, 6.45) is 1.12. The summed E-state index contributed by atoms with van der Waals surface area (Å²) < 4.78 is 5.19. The average Bonchev–Trinajstić information content (AvgIpc) is 2.96. The molecule has 2 N–H and O–H groups in total. The van der Waals surface area contributed by atoms with E-state index in [1.165, 1.54) is 11.1 Å². The molecule has 1 heterocycles. The molecule has 1 aromatic carbocycles. The smallest absolute Gasteiger partial charge is 0.141 e. The van der Waals surface area contributed by atoms with Crippen molar-refractivity contribution >= 4 is 0 Å². The van der Waals surface area contributed by atoms with Crippen LogP contribution in [0.3, 0.4) is 0 Å². The van der Waals surface area contributed by atoms with Gasteiger partial charge < -0.3 is 10.3 Å². The van der Waals surface area contributed by atoms with Gasteiger partial charge in [-0.1, -0.05) is 29.4 Å². The van der Waals surface area contributed by atoms with Crippen molar-refractivity contribution < 1.29 is 4.52 Å². The lowest BCUT2D eigenvalue weighted by atomic mass is 10.0. The fraction of sp³-hybridized carbons (Fsp3) is 0.357. The van der Waals surface area contributed by atoms with E-state index in [1.54, 1.807) is 0 Å². The Kier molecular flexibility index (Phi) is 2.30. The van der Waals surface area contributed by atoms with Gasteiger partial charge in [0.1, 0.15) is 5.76 Å². The van der Waals surface area contributed by atoms with Gasteiger partial charge in [0.2, 0.25) is 0 Å². The molecule has 2 aromatic rings. The Balaban J connectivity index is 1.94. The van der Waals surface area contributed by atoms with Crippen LogP contribution < -0.4 is 5.73 Å². The molecule has 0 amide bonds. The SMILES string of the molecule is Cc1noc(C)c1-c1ccc(C2CC2N)cc1. The molecule has 88 valence electrons. The third-order valence-corrected chi connectivity index (χ3v) is 3.50. The summed E-state index contributed by atoms with van der Waals surface area (Å²) in [5.41, 5.74) is 10.4. The molecular weight excluding hydrogens is 212 g/mol. The van der Waals surface area contributed by atoms with Gasteiger partial charge in [-0.2, -0.15) is 0 Å². The van der Waals surface area contributed by atoms with Crippen molar-refractivity contribution in [3.8, 4) is 11.1 Å². The predicted octanol–water partition coefficient (Wildman–Crippen LogP) is 2.77. The third-order valence-electron chi connectivity index (χ3n) is 3.50. The third kappa shape index (κ3) is 1.76. The van der Waals surface area contributed by atoms with Crippen molar-refractivity contribution in [2.24, 2.45) is 5.73 Å². The fourth-order valence-corrected chi connectivity index (χ4v) is 2.39. The van der Waals surface area contributed by atoms with Gasteiger partial charge in [-0.05, 0) is 31.4 Å². The first-order valence-electron chi connectivity index (χ1n) is 5.95. The second-order valence-electron chi connectivity index (χ2n) is 4.83. The van der Waals surface area contributed by atoms with E-state index >= 15 is 0 Å². The van der Waals surface area contributed by atoms with Gasteiger partial charge in [-0.3, -0.25) is 0 Å². The molecular formula is C14H16N2O. The fourth-order valence-electron chi connectivity index (χ4n) is 2.39. The van der Waals surface area contributed by atoms with Gasteiger partial charge in [0.05, 0.1) is 5.69 Å². The highest BCUT2D eigenvalue weighted by atomic mass is 16.5. The first-order chi connectivity index (χ1) is 8.16. The van der Waals surface area contributed by atoms with Crippen molar-refractivity contribution in [1.82, 2.24) is 5.16 Å². The number of nitrogens with two attached hydrogens (primary N) is 1. The minimum absolute atomic E-state index is 0.361. The van der Waals surface area contributed by atoms with Crippen LogP contribution in [0.4, 0.5) is 0 Å². The molecule has 17 heavy (non-hydrogen) atoms. The molecule has 3 rings (SSSR count). The Morgan fingerprint density at radius 2 is 1.88 bits per heavy atom. The van der Waals surface area contributed by atoms with Crippen molar-refractivity contribution in [1.29, 1.82) is 0 Å². The number of aromatic nitrogens is 1. The second kappa shape index (κ2) is 3.70. The van der Waals surface area contributed by atoms with E-state index < -0.39 is 0 Å². The van der Waals surface area contributed by atoms with Crippen LogP contribution in [-0.2, 0) is 0 Å². The van der Waals surface area contributed by atoms with Crippen molar-refractivity contribution in [2.75, 3.05) is 0 Å². The van der Waals surface area contributed by atoms with E-state index in [0.717, 1.165) is 23.4 Å². The van der Waals surface area contributed by atoms with Crippen LogP contribution in [0.15, 0.2) is 28.8 Å². The Labute approximate surface area is 101 Å². The second-order valence-corrected chi connectivity index (χ2v) is 4.83. The molecule has 0 bridgehead atoms. The summed E-state index contributed by atoms with van der Waals surface area (Å²) in [6, 6.07) is 8.96. The highest BCUT2D eigenvalue weighted by Gasteiger charge is 2.34. The Morgan fingerprint density at radius 3 is 2.35 bits per heavy atom. The van der Waals surface area contributed by atoms with Crippen LogP contribution in [0.2, 0.25) is 0 Å². The van der Waals surface area contributed by atoms with Crippen LogP contribution in [0.1, 0.15) is 29.4 Å². The van der Waals surface area contributed by atoms with Crippen LogP contribution in [-0.4, -0.2) is 11.2 Å². The van der Waals surface area contributed by atoms with E-state index in [0.29, 0.717) is 12.0 Å². The average molecular weight is 228 g/mol. The molecule has 1 aliphatic rings. The van der Waals surface area contributed by atoms with Gasteiger partial charge in [0.25, 0.3) is 0 Å². The van der Waals surface area contributed by atoms with E-state index in [1.807, 2.05) is 13.8 Å². The molecule has 1 aromatic heterocycles. The number of rotatable bonds is 2. The van der Waals surface area contributed by atoms with Crippen molar-refractivity contribution in [3.05, 3.63) is 41.3 Å². The molecule has 1 aliphatic carbocycles. The van der Waals surface area contributed by atoms with Gasteiger partial charge in [0, 0.05) is 17.5 Å². The zero-order valence-corrected chi connectivity index (χ0v) is 10.1. The summed E-state index contributed by atoms with van der Waals surface area (Å²) in [6.45, 7) is 3.91. The van der Waals surface area contributed by atoms with E-state index in [-0.39, 0.29) is 0 Å².